The number of hydrogen-bond donors (Lipinski definition) is 2. The van der Waals surface area contributed by atoms with Crippen LogP contribution in [0.2, 0.25) is 0 Å². The van der Waals surface area contributed by atoms with E-state index in [4.69, 9.17) is 0 Å². The maximum Gasteiger partial charge on any atom is 0.220 e. The van der Waals surface area contributed by atoms with Crippen molar-refractivity contribution in [1.29, 1.82) is 0 Å². The molecule has 3 heteroatoms. The topological polar surface area (TPSA) is 49.3 Å². The van der Waals surface area contributed by atoms with E-state index in [2.05, 4.69) is 5.32 Å². The molecule has 18 heavy (non-hydrogen) atoms. The van der Waals surface area contributed by atoms with Crippen LogP contribution in [0, 0.1) is 23.2 Å². The summed E-state index contributed by atoms with van der Waals surface area (Å²) in [6.45, 7) is 2.11. The van der Waals surface area contributed by atoms with Gasteiger partial charge in [0, 0.05) is 13.0 Å². The lowest BCUT2D eigenvalue weighted by molar-refractivity contribution is -0.129. The molecule has 0 aromatic heterocycles. The number of hydrogen-bond acceptors (Lipinski definition) is 2. The molecule has 102 valence electrons. The number of aliphatic hydroxyl groups is 1. The Labute approximate surface area is 109 Å². The number of rotatable bonds is 4. The van der Waals surface area contributed by atoms with Gasteiger partial charge in [0.2, 0.25) is 5.91 Å². The van der Waals surface area contributed by atoms with E-state index in [1.165, 1.54) is 38.5 Å². The zero-order valence-corrected chi connectivity index (χ0v) is 11.3. The summed E-state index contributed by atoms with van der Waals surface area (Å²) in [5.74, 6) is 2.86. The van der Waals surface area contributed by atoms with Crippen LogP contribution in [0.4, 0.5) is 0 Å². The van der Waals surface area contributed by atoms with E-state index < -0.39 is 6.10 Å². The highest BCUT2D eigenvalue weighted by atomic mass is 16.3. The van der Waals surface area contributed by atoms with Crippen molar-refractivity contribution in [2.75, 3.05) is 6.54 Å². The fourth-order valence-corrected chi connectivity index (χ4v) is 5.17. The van der Waals surface area contributed by atoms with Crippen molar-refractivity contribution in [2.24, 2.45) is 23.2 Å². The fraction of sp³-hybridized carbons (Fsp3) is 0.933. The van der Waals surface area contributed by atoms with Gasteiger partial charge in [-0.25, -0.2) is 0 Å². The predicted molar refractivity (Wildman–Crippen MR) is 69.9 cm³/mol. The number of amides is 1. The van der Waals surface area contributed by atoms with Crippen LogP contribution >= 0.6 is 0 Å². The van der Waals surface area contributed by atoms with Crippen LogP contribution in [0.15, 0.2) is 0 Å². The second kappa shape index (κ2) is 4.52. The molecule has 0 aromatic rings. The largest absolute Gasteiger partial charge is 0.392 e. The van der Waals surface area contributed by atoms with Crippen molar-refractivity contribution in [3.63, 3.8) is 0 Å². The molecular weight excluding hydrogens is 226 g/mol. The third-order valence-corrected chi connectivity index (χ3v) is 5.30. The molecule has 3 nitrogen and oxygen atoms in total. The average molecular weight is 251 g/mol. The van der Waals surface area contributed by atoms with Crippen LogP contribution < -0.4 is 5.32 Å². The number of nitrogens with one attached hydrogen (secondary N) is 1. The van der Waals surface area contributed by atoms with Gasteiger partial charge in [0.15, 0.2) is 0 Å². The monoisotopic (exact) mass is 251 g/mol. The molecule has 0 saturated heterocycles. The van der Waals surface area contributed by atoms with Gasteiger partial charge >= 0.3 is 0 Å². The van der Waals surface area contributed by atoms with E-state index >= 15 is 0 Å². The lowest BCUT2D eigenvalue weighted by atomic mass is 9.49. The first-order valence-electron chi connectivity index (χ1n) is 7.49. The second-order valence-corrected chi connectivity index (χ2v) is 7.25. The van der Waals surface area contributed by atoms with Crippen LogP contribution in [-0.2, 0) is 4.79 Å². The van der Waals surface area contributed by atoms with Crippen molar-refractivity contribution in [1.82, 2.24) is 5.32 Å². The number of aliphatic hydroxyl groups excluding tert-OH is 1. The Balaban J connectivity index is 1.60. The molecule has 0 aliphatic heterocycles. The average Bonchev–Trinajstić information content (AvgIpc) is 2.23. The summed E-state index contributed by atoms with van der Waals surface area (Å²) >= 11 is 0. The van der Waals surface area contributed by atoms with E-state index in [0.717, 1.165) is 17.8 Å². The molecule has 0 spiro atoms. The molecule has 2 N–H and O–H groups in total. The molecule has 1 atom stereocenters. The lowest BCUT2D eigenvalue weighted by Gasteiger charge is -2.56. The minimum atomic E-state index is -0.440. The Morgan fingerprint density at radius 3 is 2.17 bits per heavy atom. The van der Waals surface area contributed by atoms with Crippen LogP contribution in [-0.4, -0.2) is 23.7 Å². The van der Waals surface area contributed by atoms with Gasteiger partial charge < -0.3 is 10.4 Å². The van der Waals surface area contributed by atoms with E-state index in [1.54, 1.807) is 6.92 Å². The van der Waals surface area contributed by atoms with Crippen molar-refractivity contribution < 1.29 is 9.90 Å². The summed E-state index contributed by atoms with van der Waals surface area (Å²) < 4.78 is 0. The summed E-state index contributed by atoms with van der Waals surface area (Å²) in [6, 6.07) is 0. The minimum Gasteiger partial charge on any atom is -0.392 e. The first kappa shape index (κ1) is 12.5. The Kier molecular flexibility index (Phi) is 3.13. The summed E-state index contributed by atoms with van der Waals surface area (Å²) in [7, 11) is 0. The molecule has 4 aliphatic rings. The van der Waals surface area contributed by atoms with Gasteiger partial charge in [-0.2, -0.15) is 0 Å². The van der Waals surface area contributed by atoms with E-state index in [1.807, 2.05) is 0 Å². The van der Waals surface area contributed by atoms with E-state index in [-0.39, 0.29) is 5.91 Å². The van der Waals surface area contributed by atoms with Crippen LogP contribution in [0.5, 0.6) is 0 Å². The smallest absolute Gasteiger partial charge is 0.220 e. The van der Waals surface area contributed by atoms with E-state index in [0.29, 0.717) is 18.4 Å². The van der Waals surface area contributed by atoms with Gasteiger partial charge in [0.05, 0.1) is 6.10 Å². The fourth-order valence-electron chi connectivity index (χ4n) is 5.17. The highest BCUT2D eigenvalue weighted by molar-refractivity contribution is 5.76. The number of carbonyl (C=O) groups excluding carboxylic acids is 1. The quantitative estimate of drug-likeness (QED) is 0.804. The molecule has 0 radical (unpaired) electrons. The van der Waals surface area contributed by atoms with E-state index in [9.17, 15) is 9.90 Å². The third-order valence-electron chi connectivity index (χ3n) is 5.30. The van der Waals surface area contributed by atoms with Crippen LogP contribution in [0.25, 0.3) is 0 Å². The second-order valence-electron chi connectivity index (χ2n) is 7.25. The van der Waals surface area contributed by atoms with Gasteiger partial charge in [-0.15, -0.1) is 0 Å². The number of carbonyl (C=O) groups is 1. The molecule has 4 saturated carbocycles. The molecule has 4 bridgehead atoms. The maximum atomic E-state index is 12.0. The third kappa shape index (κ3) is 2.42. The molecule has 0 aromatic carbocycles. The maximum absolute atomic E-state index is 12.0. The lowest BCUT2D eigenvalue weighted by Crippen LogP contribution is -2.48. The summed E-state index contributed by atoms with van der Waals surface area (Å²) in [4.78, 5) is 12.0. The van der Waals surface area contributed by atoms with Crippen molar-refractivity contribution in [3.8, 4) is 0 Å². The zero-order valence-electron chi connectivity index (χ0n) is 11.3. The molecule has 0 heterocycles. The van der Waals surface area contributed by atoms with Crippen molar-refractivity contribution in [3.05, 3.63) is 0 Å². The summed E-state index contributed by atoms with van der Waals surface area (Å²) in [5.41, 5.74) is 0.317. The first-order chi connectivity index (χ1) is 8.55. The van der Waals surface area contributed by atoms with Gasteiger partial charge in [-0.3, -0.25) is 4.79 Å². The summed E-state index contributed by atoms with van der Waals surface area (Å²) in [5, 5.41) is 12.1. The van der Waals surface area contributed by atoms with Gasteiger partial charge in [-0.05, 0) is 68.6 Å². The van der Waals surface area contributed by atoms with Crippen LogP contribution in [0.3, 0.4) is 0 Å². The van der Waals surface area contributed by atoms with Crippen LogP contribution in [0.1, 0.15) is 51.9 Å². The molecule has 4 aliphatic carbocycles. The predicted octanol–water partition coefficient (Wildman–Crippen LogP) is 2.09. The standard InChI is InChI=1S/C15H25NO2/c1-10(17)9-16-14(18)8-15-5-11-2-12(6-15)4-13(3-11)7-15/h10-13,17H,2-9H2,1H3,(H,16,18)/t10-,11?,12?,13?,15?/m0/s1. The normalized spacial score (nSPS) is 42.9. The highest BCUT2D eigenvalue weighted by Crippen LogP contribution is 2.61. The minimum absolute atomic E-state index is 0.151. The van der Waals surface area contributed by atoms with Gasteiger partial charge in [-0.1, -0.05) is 0 Å². The SMILES string of the molecule is C[C@H](O)CNC(=O)CC12CC3CC(CC(C3)C1)C2. The Morgan fingerprint density at radius 1 is 1.22 bits per heavy atom. The van der Waals surface area contributed by atoms with Crippen molar-refractivity contribution >= 4 is 5.91 Å². The molecular formula is C15H25NO2. The van der Waals surface area contributed by atoms with Gasteiger partial charge in [0.1, 0.15) is 0 Å². The van der Waals surface area contributed by atoms with Gasteiger partial charge in [0.25, 0.3) is 0 Å². The zero-order chi connectivity index (χ0) is 12.8. The Hall–Kier alpha value is -0.570. The first-order valence-corrected chi connectivity index (χ1v) is 7.49. The Morgan fingerprint density at radius 2 is 1.72 bits per heavy atom. The highest BCUT2D eigenvalue weighted by Gasteiger charge is 2.51. The molecule has 4 rings (SSSR count). The molecule has 1 amide bonds. The Bertz CT molecular complexity index is 302. The summed E-state index contributed by atoms with van der Waals surface area (Å²) in [6.07, 6.45) is 8.37. The molecule has 0 unspecified atom stereocenters. The molecule has 4 fully saturated rings. The van der Waals surface area contributed by atoms with Crippen molar-refractivity contribution in [2.45, 2.75) is 58.0 Å².